The van der Waals surface area contributed by atoms with Crippen molar-refractivity contribution in [2.45, 2.75) is 6.92 Å². The fourth-order valence-corrected chi connectivity index (χ4v) is 3.15. The van der Waals surface area contributed by atoms with E-state index in [-0.39, 0.29) is 5.91 Å². The van der Waals surface area contributed by atoms with Gasteiger partial charge in [0.2, 0.25) is 0 Å². The molecule has 3 nitrogen and oxygen atoms in total. The molecule has 1 saturated heterocycles. The zero-order chi connectivity index (χ0) is 15.5. The van der Waals surface area contributed by atoms with Crippen molar-refractivity contribution in [2.75, 3.05) is 0 Å². The second-order valence-electron chi connectivity index (χ2n) is 4.84. The molecule has 1 heterocycles. The standard InChI is InChI=1S/C17H13BrN2OS/c1-11-6-8-12(9-7-11)10-15-16(21)20-17(22-15)19-14-5-3-2-4-13(14)18/h2-10H,1H3,(H,19,20,21). The number of nitrogens with zero attached hydrogens (tertiary/aromatic N) is 1. The zero-order valence-electron chi connectivity index (χ0n) is 11.8. The van der Waals surface area contributed by atoms with E-state index in [1.165, 1.54) is 17.3 Å². The van der Waals surface area contributed by atoms with Crippen LogP contribution < -0.4 is 5.32 Å². The molecule has 1 N–H and O–H groups in total. The van der Waals surface area contributed by atoms with Crippen LogP contribution >= 0.6 is 27.7 Å². The summed E-state index contributed by atoms with van der Waals surface area (Å²) < 4.78 is 0.897. The number of halogens is 1. The predicted molar refractivity (Wildman–Crippen MR) is 96.1 cm³/mol. The van der Waals surface area contributed by atoms with Crippen LogP contribution in [0.5, 0.6) is 0 Å². The number of rotatable bonds is 2. The third kappa shape index (κ3) is 3.48. The molecule has 0 bridgehead atoms. The fraction of sp³-hybridized carbons (Fsp3) is 0.0588. The van der Waals surface area contributed by atoms with Crippen molar-refractivity contribution in [3.8, 4) is 0 Å². The second kappa shape index (κ2) is 6.50. The highest BCUT2D eigenvalue weighted by atomic mass is 79.9. The third-order valence-electron chi connectivity index (χ3n) is 3.10. The van der Waals surface area contributed by atoms with Gasteiger partial charge >= 0.3 is 0 Å². The number of carbonyl (C=O) groups is 1. The second-order valence-corrected chi connectivity index (χ2v) is 6.73. The molecule has 1 amide bonds. The number of benzene rings is 2. The van der Waals surface area contributed by atoms with E-state index in [0.29, 0.717) is 10.1 Å². The van der Waals surface area contributed by atoms with Crippen molar-refractivity contribution >= 4 is 50.5 Å². The number of nitrogens with one attached hydrogen (secondary N) is 1. The molecule has 0 atom stereocenters. The maximum Gasteiger partial charge on any atom is 0.264 e. The largest absolute Gasteiger partial charge is 0.300 e. The Hall–Kier alpha value is -1.85. The number of thioether (sulfide) groups is 1. The van der Waals surface area contributed by atoms with Gasteiger partial charge in [-0.3, -0.25) is 4.79 Å². The summed E-state index contributed by atoms with van der Waals surface area (Å²) in [4.78, 5) is 17.2. The number of hydrogen-bond acceptors (Lipinski definition) is 3. The van der Waals surface area contributed by atoms with Crippen molar-refractivity contribution < 1.29 is 4.79 Å². The Labute approximate surface area is 141 Å². The van der Waals surface area contributed by atoms with Gasteiger partial charge in [-0.05, 0) is 58.4 Å². The molecule has 1 aliphatic rings. The normalized spacial score (nSPS) is 18.0. The summed E-state index contributed by atoms with van der Waals surface area (Å²) in [6.45, 7) is 2.04. The topological polar surface area (TPSA) is 41.5 Å². The lowest BCUT2D eigenvalue weighted by atomic mass is 10.1. The molecule has 0 aliphatic carbocycles. The van der Waals surface area contributed by atoms with Gasteiger partial charge in [-0.2, -0.15) is 0 Å². The number of carbonyl (C=O) groups excluding carboxylic acids is 1. The monoisotopic (exact) mass is 372 g/mol. The van der Waals surface area contributed by atoms with Crippen molar-refractivity contribution in [1.82, 2.24) is 5.32 Å². The van der Waals surface area contributed by atoms with Gasteiger partial charge in [0.15, 0.2) is 5.17 Å². The minimum atomic E-state index is -0.114. The Morgan fingerprint density at radius 3 is 2.59 bits per heavy atom. The molecule has 110 valence electrons. The molecule has 3 rings (SSSR count). The van der Waals surface area contributed by atoms with E-state index in [2.05, 4.69) is 26.2 Å². The lowest BCUT2D eigenvalue weighted by Gasteiger charge is -1.98. The van der Waals surface area contributed by atoms with Crippen LogP contribution in [0.3, 0.4) is 0 Å². The van der Waals surface area contributed by atoms with Gasteiger partial charge in [0.25, 0.3) is 5.91 Å². The van der Waals surface area contributed by atoms with E-state index in [9.17, 15) is 4.79 Å². The predicted octanol–water partition coefficient (Wildman–Crippen LogP) is 4.65. The molecule has 1 fully saturated rings. The first-order valence-corrected chi connectivity index (χ1v) is 8.33. The zero-order valence-corrected chi connectivity index (χ0v) is 14.2. The molecule has 0 radical (unpaired) electrons. The summed E-state index contributed by atoms with van der Waals surface area (Å²) in [5.74, 6) is -0.114. The molecule has 1 aliphatic heterocycles. The van der Waals surface area contributed by atoms with E-state index in [0.717, 1.165) is 15.7 Å². The van der Waals surface area contributed by atoms with E-state index < -0.39 is 0 Å². The van der Waals surface area contributed by atoms with Crippen LogP contribution in [0, 0.1) is 6.92 Å². The van der Waals surface area contributed by atoms with Crippen LogP contribution in [-0.4, -0.2) is 11.1 Å². The molecular formula is C17H13BrN2OS. The van der Waals surface area contributed by atoms with Crippen LogP contribution in [-0.2, 0) is 4.79 Å². The van der Waals surface area contributed by atoms with Gasteiger partial charge in [0.05, 0.1) is 10.6 Å². The maximum atomic E-state index is 12.0. The van der Waals surface area contributed by atoms with Gasteiger partial charge in [0.1, 0.15) is 0 Å². The first kappa shape index (κ1) is 15.1. The summed E-state index contributed by atoms with van der Waals surface area (Å²) in [6, 6.07) is 15.7. The van der Waals surface area contributed by atoms with E-state index >= 15 is 0 Å². The highest BCUT2D eigenvalue weighted by Crippen LogP contribution is 2.30. The number of aryl methyl sites for hydroxylation is 1. The molecule has 0 unspecified atom stereocenters. The summed E-state index contributed by atoms with van der Waals surface area (Å²) in [5, 5.41) is 3.39. The molecular weight excluding hydrogens is 360 g/mol. The van der Waals surface area contributed by atoms with Gasteiger partial charge in [-0.25, -0.2) is 4.99 Å². The summed E-state index contributed by atoms with van der Waals surface area (Å²) in [5.41, 5.74) is 2.99. The molecule has 2 aromatic rings. The Kier molecular flexibility index (Phi) is 4.45. The van der Waals surface area contributed by atoms with E-state index in [4.69, 9.17) is 0 Å². The molecule has 22 heavy (non-hydrogen) atoms. The number of hydrogen-bond donors (Lipinski definition) is 1. The van der Waals surface area contributed by atoms with Crippen molar-refractivity contribution in [1.29, 1.82) is 0 Å². The van der Waals surface area contributed by atoms with Crippen LogP contribution in [0.2, 0.25) is 0 Å². The first-order chi connectivity index (χ1) is 10.6. The molecule has 5 heteroatoms. The average Bonchev–Trinajstić information content (AvgIpc) is 2.84. The third-order valence-corrected chi connectivity index (χ3v) is 4.68. The summed E-state index contributed by atoms with van der Waals surface area (Å²) in [6.07, 6.45) is 1.88. The number of amides is 1. The molecule has 0 aromatic heterocycles. The van der Waals surface area contributed by atoms with E-state index in [1.807, 2.05) is 61.5 Å². The van der Waals surface area contributed by atoms with E-state index in [1.54, 1.807) is 0 Å². The Morgan fingerprint density at radius 2 is 1.86 bits per heavy atom. The number of aliphatic imine (C=N–C) groups is 1. The first-order valence-electron chi connectivity index (χ1n) is 6.72. The van der Waals surface area contributed by atoms with Gasteiger partial charge in [0, 0.05) is 4.47 Å². The summed E-state index contributed by atoms with van der Waals surface area (Å²) in [7, 11) is 0. The molecule has 0 saturated carbocycles. The lowest BCUT2D eigenvalue weighted by Crippen LogP contribution is -2.19. The average molecular weight is 373 g/mol. The van der Waals surface area contributed by atoms with Crippen molar-refractivity contribution in [3.63, 3.8) is 0 Å². The molecule has 0 spiro atoms. The Morgan fingerprint density at radius 1 is 1.14 bits per heavy atom. The minimum absolute atomic E-state index is 0.114. The lowest BCUT2D eigenvalue weighted by molar-refractivity contribution is -0.115. The van der Waals surface area contributed by atoms with Crippen LogP contribution in [0.15, 0.2) is 62.9 Å². The number of para-hydroxylation sites is 1. The summed E-state index contributed by atoms with van der Waals surface area (Å²) >= 11 is 4.80. The van der Waals surface area contributed by atoms with Crippen LogP contribution in [0.1, 0.15) is 11.1 Å². The van der Waals surface area contributed by atoms with Gasteiger partial charge in [-0.15, -0.1) is 0 Å². The van der Waals surface area contributed by atoms with Crippen LogP contribution in [0.25, 0.3) is 6.08 Å². The van der Waals surface area contributed by atoms with Crippen molar-refractivity contribution in [2.24, 2.45) is 4.99 Å². The maximum absolute atomic E-state index is 12.0. The Bertz CT molecular complexity index is 782. The van der Waals surface area contributed by atoms with Crippen LogP contribution in [0.4, 0.5) is 5.69 Å². The quantitative estimate of drug-likeness (QED) is 0.779. The van der Waals surface area contributed by atoms with Crippen molar-refractivity contribution in [3.05, 3.63) is 69.0 Å². The molecule has 2 aromatic carbocycles. The number of amidine groups is 1. The Balaban J connectivity index is 1.84. The fourth-order valence-electron chi connectivity index (χ4n) is 1.95. The van der Waals surface area contributed by atoms with Gasteiger partial charge in [-0.1, -0.05) is 42.0 Å². The highest BCUT2D eigenvalue weighted by molar-refractivity contribution is 9.10. The smallest absolute Gasteiger partial charge is 0.264 e. The minimum Gasteiger partial charge on any atom is -0.300 e. The van der Waals surface area contributed by atoms with Gasteiger partial charge < -0.3 is 5.32 Å². The highest BCUT2D eigenvalue weighted by Gasteiger charge is 2.23. The SMILES string of the molecule is Cc1ccc(C=C2SC(=Nc3ccccc3Br)NC2=O)cc1.